The first-order valence-corrected chi connectivity index (χ1v) is 5.60. The Morgan fingerprint density at radius 2 is 2.31 bits per heavy atom. The van der Waals surface area contributed by atoms with Gasteiger partial charge in [0.2, 0.25) is 5.91 Å². The number of fused-ring (bicyclic) bond motifs is 1. The lowest BCUT2D eigenvalue weighted by molar-refractivity contribution is -0.117. The van der Waals surface area contributed by atoms with E-state index in [2.05, 4.69) is 5.32 Å². The van der Waals surface area contributed by atoms with Crippen molar-refractivity contribution < 1.29 is 9.90 Å². The van der Waals surface area contributed by atoms with Crippen LogP contribution in [0.25, 0.3) is 0 Å². The number of hydrogen-bond donors (Lipinski definition) is 2. The number of phenolic OH excluding ortho intramolecular Hbond substituents is 1. The molecule has 3 rings (SSSR count). The van der Waals surface area contributed by atoms with Crippen LogP contribution in [-0.2, 0) is 11.2 Å². The number of phenols is 1. The molecule has 0 spiro atoms. The van der Waals surface area contributed by atoms with Crippen LogP contribution in [0.3, 0.4) is 0 Å². The highest BCUT2D eigenvalue weighted by Gasteiger charge is 2.34. The maximum Gasteiger partial charge on any atom is 0.231 e. The van der Waals surface area contributed by atoms with Gasteiger partial charge in [0, 0.05) is 12.6 Å². The Morgan fingerprint density at radius 3 is 3.06 bits per heavy atom. The molecule has 1 aromatic rings. The number of carbonyl (C=O) groups is 1. The quantitative estimate of drug-likeness (QED) is 0.727. The smallest absolute Gasteiger partial charge is 0.231 e. The Balaban J connectivity index is 2.00. The van der Waals surface area contributed by atoms with Crippen molar-refractivity contribution in [1.29, 1.82) is 0 Å². The van der Waals surface area contributed by atoms with Gasteiger partial charge >= 0.3 is 0 Å². The second-order valence-corrected chi connectivity index (χ2v) is 4.40. The van der Waals surface area contributed by atoms with Crippen molar-refractivity contribution in [2.75, 3.05) is 18.0 Å². The molecule has 1 aromatic carbocycles. The zero-order valence-corrected chi connectivity index (χ0v) is 8.94. The number of aromatic hydroxyl groups is 1. The molecule has 16 heavy (non-hydrogen) atoms. The number of rotatable bonds is 1. The molecular formula is C12H14N2O2. The maximum absolute atomic E-state index is 11.9. The van der Waals surface area contributed by atoms with Gasteiger partial charge in [-0.3, -0.25) is 4.79 Å². The van der Waals surface area contributed by atoms with Gasteiger partial charge in [0.15, 0.2) is 0 Å². The predicted molar refractivity (Wildman–Crippen MR) is 60.6 cm³/mol. The average molecular weight is 218 g/mol. The highest BCUT2D eigenvalue weighted by molar-refractivity contribution is 6.02. The van der Waals surface area contributed by atoms with Gasteiger partial charge in [0.05, 0.1) is 18.2 Å². The number of anilines is 1. The Hall–Kier alpha value is -1.55. The molecule has 1 amide bonds. The summed E-state index contributed by atoms with van der Waals surface area (Å²) >= 11 is 0. The van der Waals surface area contributed by atoms with E-state index in [9.17, 15) is 9.90 Å². The van der Waals surface area contributed by atoms with E-state index in [1.807, 2.05) is 11.0 Å². The summed E-state index contributed by atoms with van der Waals surface area (Å²) in [6, 6.07) is 5.42. The number of amides is 1. The molecule has 1 saturated heterocycles. The Morgan fingerprint density at radius 1 is 1.44 bits per heavy atom. The molecule has 1 atom stereocenters. The van der Waals surface area contributed by atoms with E-state index in [0.29, 0.717) is 6.42 Å². The van der Waals surface area contributed by atoms with Crippen LogP contribution in [0.4, 0.5) is 5.69 Å². The lowest BCUT2D eigenvalue weighted by Gasteiger charge is -2.24. The summed E-state index contributed by atoms with van der Waals surface area (Å²) in [6.45, 7) is 1.81. The summed E-state index contributed by atoms with van der Waals surface area (Å²) in [5.41, 5.74) is 1.91. The first-order chi connectivity index (χ1) is 7.75. The van der Waals surface area contributed by atoms with Gasteiger partial charge in [-0.05, 0) is 24.6 Å². The second kappa shape index (κ2) is 3.49. The number of nitrogens with one attached hydrogen (secondary N) is 1. The highest BCUT2D eigenvalue weighted by Crippen LogP contribution is 2.34. The zero-order chi connectivity index (χ0) is 11.1. The van der Waals surface area contributed by atoms with Crippen molar-refractivity contribution >= 4 is 11.6 Å². The summed E-state index contributed by atoms with van der Waals surface area (Å²) in [6.07, 6.45) is 1.45. The summed E-state index contributed by atoms with van der Waals surface area (Å²) in [5, 5.41) is 12.7. The summed E-state index contributed by atoms with van der Waals surface area (Å²) in [7, 11) is 0. The third kappa shape index (κ3) is 1.38. The van der Waals surface area contributed by atoms with Crippen LogP contribution in [0.1, 0.15) is 12.0 Å². The molecule has 1 fully saturated rings. The van der Waals surface area contributed by atoms with E-state index in [4.69, 9.17) is 0 Å². The SMILES string of the molecule is O=C1Cc2ccc(O)cc2N1C1CCNC1. The van der Waals surface area contributed by atoms with Gasteiger partial charge in [-0.25, -0.2) is 0 Å². The van der Waals surface area contributed by atoms with Crippen LogP contribution in [0, 0.1) is 0 Å². The maximum atomic E-state index is 11.9. The van der Waals surface area contributed by atoms with Gasteiger partial charge in [0.1, 0.15) is 5.75 Å². The average Bonchev–Trinajstić information content (AvgIpc) is 2.83. The third-order valence-corrected chi connectivity index (χ3v) is 3.34. The van der Waals surface area contributed by atoms with E-state index in [1.165, 1.54) is 0 Å². The normalized spacial score (nSPS) is 23.9. The Kier molecular flexibility index (Phi) is 2.11. The molecule has 84 valence electrons. The van der Waals surface area contributed by atoms with Crippen molar-refractivity contribution in [3.63, 3.8) is 0 Å². The van der Waals surface area contributed by atoms with Crippen molar-refractivity contribution in [1.82, 2.24) is 5.32 Å². The molecule has 2 aliphatic rings. The molecule has 4 heteroatoms. The molecule has 2 N–H and O–H groups in total. The van der Waals surface area contributed by atoms with E-state index in [0.717, 1.165) is 30.8 Å². The van der Waals surface area contributed by atoms with Crippen molar-refractivity contribution in [2.45, 2.75) is 18.9 Å². The van der Waals surface area contributed by atoms with Gasteiger partial charge in [-0.1, -0.05) is 6.07 Å². The summed E-state index contributed by atoms with van der Waals surface area (Å²) < 4.78 is 0. The lowest BCUT2D eigenvalue weighted by Crippen LogP contribution is -2.39. The van der Waals surface area contributed by atoms with Gasteiger partial charge in [0.25, 0.3) is 0 Å². The molecule has 0 aliphatic carbocycles. The molecule has 0 saturated carbocycles. The van der Waals surface area contributed by atoms with E-state index < -0.39 is 0 Å². The first-order valence-electron chi connectivity index (χ1n) is 5.60. The third-order valence-electron chi connectivity index (χ3n) is 3.34. The van der Waals surface area contributed by atoms with Crippen LogP contribution in [0.5, 0.6) is 5.75 Å². The van der Waals surface area contributed by atoms with Gasteiger partial charge in [-0.15, -0.1) is 0 Å². The predicted octanol–water partition coefficient (Wildman–Crippen LogP) is 0.643. The van der Waals surface area contributed by atoms with Crippen molar-refractivity contribution in [2.24, 2.45) is 0 Å². The number of nitrogens with zero attached hydrogens (tertiary/aromatic N) is 1. The van der Waals surface area contributed by atoms with Crippen LogP contribution in [0.15, 0.2) is 18.2 Å². The molecule has 2 aliphatic heterocycles. The summed E-state index contributed by atoms with van der Waals surface area (Å²) in [4.78, 5) is 13.8. The first kappa shape index (κ1) is 9.66. The molecule has 0 aromatic heterocycles. The molecular weight excluding hydrogens is 204 g/mol. The van der Waals surface area contributed by atoms with Crippen molar-refractivity contribution in [3.8, 4) is 5.75 Å². The van der Waals surface area contributed by atoms with Gasteiger partial charge in [-0.2, -0.15) is 0 Å². The number of benzene rings is 1. The summed E-state index contributed by atoms with van der Waals surface area (Å²) in [5.74, 6) is 0.374. The minimum absolute atomic E-state index is 0.148. The van der Waals surface area contributed by atoms with Crippen molar-refractivity contribution in [3.05, 3.63) is 23.8 Å². The highest BCUT2D eigenvalue weighted by atomic mass is 16.3. The molecule has 2 heterocycles. The van der Waals surface area contributed by atoms with E-state index in [-0.39, 0.29) is 17.7 Å². The number of hydrogen-bond acceptors (Lipinski definition) is 3. The lowest BCUT2D eigenvalue weighted by atomic mass is 10.1. The largest absolute Gasteiger partial charge is 0.508 e. The van der Waals surface area contributed by atoms with E-state index >= 15 is 0 Å². The monoisotopic (exact) mass is 218 g/mol. The number of carbonyl (C=O) groups excluding carboxylic acids is 1. The fraction of sp³-hybridized carbons (Fsp3) is 0.417. The Bertz CT molecular complexity index is 439. The van der Waals surface area contributed by atoms with E-state index in [1.54, 1.807) is 12.1 Å². The van der Waals surface area contributed by atoms with Gasteiger partial charge < -0.3 is 15.3 Å². The molecule has 4 nitrogen and oxygen atoms in total. The van der Waals surface area contributed by atoms with Crippen LogP contribution in [0.2, 0.25) is 0 Å². The topological polar surface area (TPSA) is 52.6 Å². The van der Waals surface area contributed by atoms with Crippen LogP contribution in [-0.4, -0.2) is 30.1 Å². The minimum atomic E-state index is 0.148. The zero-order valence-electron chi connectivity index (χ0n) is 8.94. The minimum Gasteiger partial charge on any atom is -0.508 e. The molecule has 0 bridgehead atoms. The fourth-order valence-corrected chi connectivity index (χ4v) is 2.57. The Labute approximate surface area is 93.9 Å². The second-order valence-electron chi connectivity index (χ2n) is 4.40. The van der Waals surface area contributed by atoms with Crippen LogP contribution >= 0.6 is 0 Å². The van der Waals surface area contributed by atoms with Crippen LogP contribution < -0.4 is 10.2 Å². The standard InChI is InChI=1S/C12H14N2O2/c15-10-2-1-8-5-12(16)14(11(8)6-10)9-3-4-13-7-9/h1-2,6,9,13,15H,3-5,7H2. The fourth-order valence-electron chi connectivity index (χ4n) is 2.57. The molecule has 1 unspecified atom stereocenters. The molecule has 0 radical (unpaired) electrons.